The van der Waals surface area contributed by atoms with Crippen molar-refractivity contribution in [3.05, 3.63) is 33.3 Å². The first-order valence-corrected chi connectivity index (χ1v) is 4.21. The van der Waals surface area contributed by atoms with E-state index in [1.807, 2.05) is 0 Å². The van der Waals surface area contributed by atoms with Crippen LogP contribution in [0.3, 0.4) is 0 Å². The van der Waals surface area contributed by atoms with Crippen molar-refractivity contribution in [1.29, 1.82) is 0 Å². The number of hydroxylamine groups is 1. The molecular weight excluding hydrogens is 245 g/mol. The van der Waals surface area contributed by atoms with Crippen LogP contribution in [0.4, 0.5) is 0 Å². The van der Waals surface area contributed by atoms with Gasteiger partial charge in [0.1, 0.15) is 0 Å². The third-order valence-electron chi connectivity index (χ3n) is 1.28. The fraction of sp³-hybridized carbons (Fsp3) is 0. The topological polar surface area (TPSA) is 49.3 Å². The lowest BCUT2D eigenvalue weighted by Gasteiger charge is -2.00. The fourth-order valence-corrected chi connectivity index (χ4v) is 1.20. The van der Waals surface area contributed by atoms with Crippen molar-refractivity contribution in [2.24, 2.45) is 0 Å². The molecule has 12 heavy (non-hydrogen) atoms. The van der Waals surface area contributed by atoms with E-state index in [9.17, 15) is 4.79 Å². The highest BCUT2D eigenvalue weighted by atomic mass is 79.9. The van der Waals surface area contributed by atoms with E-state index in [4.69, 9.17) is 16.8 Å². The summed E-state index contributed by atoms with van der Waals surface area (Å²) in [4.78, 5) is 10.9. The Morgan fingerprint density at radius 3 is 2.75 bits per heavy atom. The van der Waals surface area contributed by atoms with Gasteiger partial charge in [-0.25, -0.2) is 5.48 Å². The van der Waals surface area contributed by atoms with Gasteiger partial charge < -0.3 is 0 Å². The van der Waals surface area contributed by atoms with E-state index in [0.717, 1.165) is 0 Å². The summed E-state index contributed by atoms with van der Waals surface area (Å²) in [6, 6.07) is 4.60. The molecule has 0 spiro atoms. The summed E-state index contributed by atoms with van der Waals surface area (Å²) in [5.74, 6) is -0.563. The number of carbonyl (C=O) groups is 1. The van der Waals surface area contributed by atoms with Crippen molar-refractivity contribution >= 4 is 33.4 Å². The van der Waals surface area contributed by atoms with Crippen molar-refractivity contribution < 1.29 is 10.0 Å². The standard InChI is InChI=1S/C7H5BrClNO2/c8-5-3-4(7(11)10-12)1-2-6(5)9/h1-3,12H,(H,10,11). The van der Waals surface area contributed by atoms with Crippen LogP contribution < -0.4 is 5.48 Å². The Morgan fingerprint density at radius 1 is 1.58 bits per heavy atom. The molecule has 0 radical (unpaired) electrons. The number of halogens is 2. The number of hydrogen-bond acceptors (Lipinski definition) is 2. The third kappa shape index (κ3) is 1.97. The minimum atomic E-state index is -0.563. The predicted octanol–water partition coefficient (Wildman–Crippen LogP) is 2.22. The van der Waals surface area contributed by atoms with Gasteiger partial charge in [0.25, 0.3) is 5.91 Å². The number of nitrogens with one attached hydrogen (secondary N) is 1. The first-order valence-electron chi connectivity index (χ1n) is 3.04. The molecule has 0 aromatic heterocycles. The van der Waals surface area contributed by atoms with Gasteiger partial charge in [0.2, 0.25) is 0 Å². The Kier molecular flexibility index (Phi) is 3.08. The molecule has 0 saturated heterocycles. The van der Waals surface area contributed by atoms with Gasteiger partial charge in [-0.15, -0.1) is 0 Å². The summed E-state index contributed by atoms with van der Waals surface area (Å²) >= 11 is 8.84. The largest absolute Gasteiger partial charge is 0.288 e. The summed E-state index contributed by atoms with van der Waals surface area (Å²) < 4.78 is 0.616. The zero-order valence-corrected chi connectivity index (χ0v) is 8.19. The quantitative estimate of drug-likeness (QED) is 0.593. The maximum Gasteiger partial charge on any atom is 0.274 e. The van der Waals surface area contributed by atoms with Crippen LogP contribution in [0.1, 0.15) is 10.4 Å². The highest BCUT2D eigenvalue weighted by Crippen LogP contribution is 2.22. The summed E-state index contributed by atoms with van der Waals surface area (Å²) in [7, 11) is 0. The molecule has 0 aliphatic rings. The predicted molar refractivity (Wildman–Crippen MR) is 48.4 cm³/mol. The van der Waals surface area contributed by atoms with E-state index in [2.05, 4.69) is 15.9 Å². The maximum absolute atomic E-state index is 10.9. The van der Waals surface area contributed by atoms with Gasteiger partial charge in [-0.05, 0) is 34.1 Å². The summed E-state index contributed by atoms with van der Waals surface area (Å²) in [5.41, 5.74) is 1.87. The highest BCUT2D eigenvalue weighted by Gasteiger charge is 2.05. The second-order valence-corrected chi connectivity index (χ2v) is 3.33. The second kappa shape index (κ2) is 3.89. The lowest BCUT2D eigenvalue weighted by molar-refractivity contribution is 0.0706. The van der Waals surface area contributed by atoms with Gasteiger partial charge in [-0.2, -0.15) is 0 Å². The Balaban J connectivity index is 3.05. The van der Waals surface area contributed by atoms with Gasteiger partial charge in [0.05, 0.1) is 5.02 Å². The second-order valence-electron chi connectivity index (χ2n) is 2.07. The van der Waals surface area contributed by atoms with Gasteiger partial charge in [-0.3, -0.25) is 10.0 Å². The van der Waals surface area contributed by atoms with Crippen molar-refractivity contribution in [3.63, 3.8) is 0 Å². The Bertz CT molecular complexity index is 316. The van der Waals surface area contributed by atoms with Crippen LogP contribution in [0.5, 0.6) is 0 Å². The summed E-state index contributed by atoms with van der Waals surface area (Å²) in [6.45, 7) is 0. The smallest absolute Gasteiger partial charge is 0.274 e. The monoisotopic (exact) mass is 249 g/mol. The molecular formula is C7H5BrClNO2. The van der Waals surface area contributed by atoms with E-state index in [1.54, 1.807) is 6.07 Å². The van der Waals surface area contributed by atoms with Crippen molar-refractivity contribution in [2.45, 2.75) is 0 Å². The molecule has 1 aromatic rings. The molecule has 0 saturated carbocycles. The van der Waals surface area contributed by atoms with Crippen LogP contribution in [-0.2, 0) is 0 Å². The highest BCUT2D eigenvalue weighted by molar-refractivity contribution is 9.10. The number of hydrogen-bond donors (Lipinski definition) is 2. The molecule has 0 fully saturated rings. The minimum Gasteiger partial charge on any atom is -0.288 e. The van der Waals surface area contributed by atoms with E-state index in [1.165, 1.54) is 17.6 Å². The van der Waals surface area contributed by atoms with E-state index in [-0.39, 0.29) is 0 Å². The summed E-state index contributed by atoms with van der Waals surface area (Å²) in [5, 5.41) is 8.82. The SMILES string of the molecule is O=C(NO)c1ccc(Cl)c(Br)c1. The molecule has 5 heteroatoms. The molecule has 1 aromatic carbocycles. The molecule has 2 N–H and O–H groups in total. The lowest BCUT2D eigenvalue weighted by atomic mass is 10.2. The molecule has 1 rings (SSSR count). The van der Waals surface area contributed by atoms with Gasteiger partial charge in [0.15, 0.2) is 0 Å². The number of benzene rings is 1. The average Bonchev–Trinajstić information content (AvgIpc) is 2.08. The van der Waals surface area contributed by atoms with Crippen molar-refractivity contribution in [1.82, 2.24) is 5.48 Å². The van der Waals surface area contributed by atoms with Crippen molar-refractivity contribution in [2.75, 3.05) is 0 Å². The Hall–Kier alpha value is -0.580. The van der Waals surface area contributed by atoms with Gasteiger partial charge >= 0.3 is 0 Å². The summed E-state index contributed by atoms with van der Waals surface area (Å²) in [6.07, 6.45) is 0. The van der Waals surface area contributed by atoms with Crippen molar-refractivity contribution in [3.8, 4) is 0 Å². The van der Waals surface area contributed by atoms with Crippen LogP contribution in [0.25, 0.3) is 0 Å². The molecule has 0 heterocycles. The zero-order valence-electron chi connectivity index (χ0n) is 5.84. The van der Waals surface area contributed by atoms with Crippen LogP contribution in [0, 0.1) is 0 Å². The molecule has 0 atom stereocenters. The minimum absolute atomic E-state index is 0.341. The van der Waals surface area contributed by atoms with Crippen LogP contribution >= 0.6 is 27.5 Å². The van der Waals surface area contributed by atoms with Crippen LogP contribution in [-0.4, -0.2) is 11.1 Å². The van der Waals surface area contributed by atoms with E-state index in [0.29, 0.717) is 15.1 Å². The Labute approximate surface area is 82.4 Å². The lowest BCUT2D eigenvalue weighted by Crippen LogP contribution is -2.18. The fourth-order valence-electron chi connectivity index (χ4n) is 0.702. The van der Waals surface area contributed by atoms with Gasteiger partial charge in [-0.1, -0.05) is 11.6 Å². The average molecular weight is 250 g/mol. The van der Waals surface area contributed by atoms with Crippen LogP contribution in [0.2, 0.25) is 5.02 Å². The molecule has 64 valence electrons. The maximum atomic E-state index is 10.9. The normalized spacial score (nSPS) is 9.58. The first-order chi connectivity index (χ1) is 5.65. The molecule has 0 bridgehead atoms. The number of rotatable bonds is 1. The van der Waals surface area contributed by atoms with Crippen LogP contribution in [0.15, 0.2) is 22.7 Å². The zero-order chi connectivity index (χ0) is 9.14. The molecule has 0 aliphatic heterocycles. The molecule has 0 aliphatic carbocycles. The van der Waals surface area contributed by atoms with E-state index >= 15 is 0 Å². The Morgan fingerprint density at radius 2 is 2.25 bits per heavy atom. The molecule has 1 amide bonds. The van der Waals surface area contributed by atoms with E-state index < -0.39 is 5.91 Å². The number of carbonyl (C=O) groups excluding carboxylic acids is 1. The number of amides is 1. The first kappa shape index (κ1) is 9.51. The molecule has 3 nitrogen and oxygen atoms in total. The molecule has 0 unspecified atom stereocenters. The third-order valence-corrected chi connectivity index (χ3v) is 2.50. The van der Waals surface area contributed by atoms with Gasteiger partial charge in [0, 0.05) is 10.0 Å².